The first-order valence-electron chi connectivity index (χ1n) is 27.2. The molecule has 15 nitrogen and oxygen atoms in total. The minimum Gasteiger partial charge on any atom is -0.460 e. The lowest BCUT2D eigenvalue weighted by atomic mass is 9.78. The van der Waals surface area contributed by atoms with Gasteiger partial charge in [0.1, 0.15) is 29.8 Å². The third kappa shape index (κ3) is 17.1. The summed E-state index contributed by atoms with van der Waals surface area (Å²) >= 11 is 0. The quantitative estimate of drug-likeness (QED) is 0.121. The maximum atomic E-state index is 14.5. The standard InChI is InChI=1S/C59H86N2O13/c1-37-18-12-10-13-19-38(2)52(70-8)34-46-25-23-43(7)59(69,74-46)55(65)56(66)61-29-17-16-22-47(61)57(67)72-53(36-50(64)41(5)31-40(4)49(63)35-48(62)39(3)30-37)42(6)32-45-24-26-51(54(33-45)71-9)73-58(68)60-28-27-44-20-14-11-15-21-44/h10-15,18-21,31,37,39,41-43,45-47,49,51-54,63,69H,16-17,22-30,32-36H2,1-9H3,(H,60,68)/b13-10?,18-12+,38-19?,40-31+/t37-,39-,41-,42-,43-,45+,46+,47+,49+,51-,52+,53+,54-,59-/m1/s1. The monoisotopic (exact) mass is 1030 g/mol. The van der Waals surface area contributed by atoms with Crippen molar-refractivity contribution in [2.75, 3.05) is 27.3 Å². The number of amides is 2. The molecule has 5 rings (SSSR count). The first-order chi connectivity index (χ1) is 35.2. The highest BCUT2D eigenvalue weighted by molar-refractivity contribution is 6.39. The number of aliphatic hydroxyl groups excluding tert-OH is 1. The Labute approximate surface area is 439 Å². The van der Waals surface area contributed by atoms with E-state index in [1.165, 1.54) is 4.90 Å². The Balaban J connectivity index is 1.38. The zero-order valence-electron chi connectivity index (χ0n) is 45.5. The number of allylic oxidation sites excluding steroid dienone is 6. The number of ketones is 3. The number of cyclic esters (lactones) is 1. The van der Waals surface area contributed by atoms with Crippen LogP contribution in [0.3, 0.4) is 0 Å². The number of ether oxygens (including phenoxy) is 5. The fourth-order valence-corrected chi connectivity index (χ4v) is 11.0. The van der Waals surface area contributed by atoms with E-state index >= 15 is 0 Å². The Morgan fingerprint density at radius 1 is 0.851 bits per heavy atom. The van der Waals surface area contributed by atoms with Crippen molar-refractivity contribution in [3.8, 4) is 0 Å². The average molecular weight is 1030 g/mol. The molecule has 14 atom stereocenters. The Morgan fingerprint density at radius 3 is 2.31 bits per heavy atom. The fourth-order valence-electron chi connectivity index (χ4n) is 11.0. The van der Waals surface area contributed by atoms with Gasteiger partial charge >= 0.3 is 12.1 Å². The highest BCUT2D eigenvalue weighted by Gasteiger charge is 2.53. The zero-order chi connectivity index (χ0) is 54.1. The van der Waals surface area contributed by atoms with Gasteiger partial charge in [-0.3, -0.25) is 19.2 Å². The molecule has 0 unspecified atom stereocenters. The second kappa shape index (κ2) is 28.9. The summed E-state index contributed by atoms with van der Waals surface area (Å²) in [4.78, 5) is 84.9. The molecule has 410 valence electrons. The summed E-state index contributed by atoms with van der Waals surface area (Å²) < 4.78 is 30.1. The first-order valence-corrected chi connectivity index (χ1v) is 27.2. The van der Waals surface area contributed by atoms with Crippen molar-refractivity contribution in [2.24, 2.45) is 35.5 Å². The van der Waals surface area contributed by atoms with E-state index in [0.29, 0.717) is 82.7 Å². The Kier molecular flexibility index (Phi) is 23.5. The van der Waals surface area contributed by atoms with E-state index in [0.717, 1.165) is 11.1 Å². The van der Waals surface area contributed by atoms with Crippen molar-refractivity contribution in [1.82, 2.24) is 10.2 Å². The van der Waals surface area contributed by atoms with Gasteiger partial charge in [-0.05, 0) is 119 Å². The number of hydrogen-bond donors (Lipinski definition) is 3. The number of piperidine rings is 1. The lowest BCUT2D eigenvalue weighted by molar-refractivity contribution is -0.265. The van der Waals surface area contributed by atoms with Gasteiger partial charge in [0.05, 0.1) is 24.4 Å². The summed E-state index contributed by atoms with van der Waals surface area (Å²) in [5.74, 6) is -7.71. The minimum absolute atomic E-state index is 0.0522. The molecule has 3 fully saturated rings. The number of fused-ring (bicyclic) bond motifs is 3. The molecular weight excluding hydrogens is 945 g/mol. The minimum atomic E-state index is -2.44. The maximum absolute atomic E-state index is 14.5. The predicted molar refractivity (Wildman–Crippen MR) is 281 cm³/mol. The van der Waals surface area contributed by atoms with E-state index in [2.05, 4.69) is 5.32 Å². The normalized spacial score (nSPS) is 34.6. The van der Waals surface area contributed by atoms with Crippen LogP contribution in [0, 0.1) is 35.5 Å². The van der Waals surface area contributed by atoms with Gasteiger partial charge in [0.2, 0.25) is 5.79 Å². The number of rotatable bonds is 9. The molecule has 15 heteroatoms. The molecule has 3 aliphatic heterocycles. The van der Waals surface area contributed by atoms with Crippen LogP contribution in [0.1, 0.15) is 138 Å². The van der Waals surface area contributed by atoms with Gasteiger partial charge in [-0.15, -0.1) is 0 Å². The van der Waals surface area contributed by atoms with Crippen LogP contribution in [0.2, 0.25) is 0 Å². The Morgan fingerprint density at radius 2 is 1.59 bits per heavy atom. The molecule has 2 bridgehead atoms. The number of hydrogen-bond acceptors (Lipinski definition) is 13. The smallest absolute Gasteiger partial charge is 0.407 e. The van der Waals surface area contributed by atoms with Gasteiger partial charge in [-0.1, -0.05) is 101 Å². The second-order valence-corrected chi connectivity index (χ2v) is 21.8. The number of benzene rings is 1. The summed E-state index contributed by atoms with van der Waals surface area (Å²) in [6, 6.07) is 8.68. The van der Waals surface area contributed by atoms with E-state index in [1.54, 1.807) is 41.1 Å². The molecule has 0 radical (unpaired) electrons. The van der Waals surface area contributed by atoms with Gasteiger partial charge in [-0.2, -0.15) is 0 Å². The van der Waals surface area contributed by atoms with Crippen LogP contribution in [0.25, 0.3) is 0 Å². The van der Waals surface area contributed by atoms with E-state index in [1.807, 2.05) is 88.4 Å². The molecule has 3 N–H and O–H groups in total. The molecule has 1 saturated carbocycles. The van der Waals surface area contributed by atoms with Crippen molar-refractivity contribution in [3.63, 3.8) is 0 Å². The fraction of sp³-hybridized carbons (Fsp3) is 0.661. The second-order valence-electron chi connectivity index (χ2n) is 21.8. The number of nitrogens with zero attached hydrogens (tertiary/aromatic N) is 1. The number of alkyl carbamates (subject to hydrolysis) is 1. The number of Topliss-reactive ketones (excluding diaryl/α,β-unsaturated/α-hetero) is 3. The van der Waals surface area contributed by atoms with E-state index in [4.69, 9.17) is 23.7 Å². The van der Waals surface area contributed by atoms with Crippen LogP contribution < -0.4 is 5.32 Å². The van der Waals surface area contributed by atoms with Crippen molar-refractivity contribution in [1.29, 1.82) is 0 Å². The number of nitrogens with one attached hydrogen (secondary N) is 1. The molecule has 1 aromatic rings. The summed E-state index contributed by atoms with van der Waals surface area (Å²) in [5.41, 5.74) is 2.46. The molecule has 2 saturated heterocycles. The Hall–Kier alpha value is -4.80. The summed E-state index contributed by atoms with van der Waals surface area (Å²) in [6.45, 7) is 13.3. The van der Waals surface area contributed by atoms with Crippen LogP contribution in [0.4, 0.5) is 4.79 Å². The highest BCUT2D eigenvalue weighted by Crippen LogP contribution is 2.38. The van der Waals surface area contributed by atoms with Crippen molar-refractivity contribution in [2.45, 2.75) is 187 Å². The van der Waals surface area contributed by atoms with Gasteiger partial charge in [0.25, 0.3) is 11.7 Å². The average Bonchev–Trinajstić information content (AvgIpc) is 3.38. The van der Waals surface area contributed by atoms with Gasteiger partial charge in [-0.25, -0.2) is 9.59 Å². The predicted octanol–water partition coefficient (Wildman–Crippen LogP) is 8.53. The van der Waals surface area contributed by atoms with E-state index < -0.39 is 84.0 Å². The topological polar surface area (TPSA) is 204 Å². The van der Waals surface area contributed by atoms with Crippen molar-refractivity contribution in [3.05, 3.63) is 83.5 Å². The molecule has 0 spiro atoms. The zero-order valence-corrected chi connectivity index (χ0v) is 45.5. The van der Waals surface area contributed by atoms with Crippen LogP contribution in [-0.4, -0.2) is 126 Å². The van der Waals surface area contributed by atoms with Crippen LogP contribution in [0.15, 0.2) is 77.9 Å². The number of aliphatic hydroxyl groups is 2. The summed E-state index contributed by atoms with van der Waals surface area (Å²) in [7, 11) is 3.17. The molecule has 0 aromatic heterocycles. The third-order valence-electron chi connectivity index (χ3n) is 15.9. The number of methoxy groups -OCH3 is 2. The number of esters is 1. The maximum Gasteiger partial charge on any atom is 0.407 e. The molecule has 1 aromatic carbocycles. The number of carbonyl (C=O) groups is 6. The number of carbonyl (C=O) groups excluding carboxylic acids is 6. The molecule has 1 aliphatic carbocycles. The van der Waals surface area contributed by atoms with Gasteiger partial charge in [0.15, 0.2) is 0 Å². The largest absolute Gasteiger partial charge is 0.460 e. The summed E-state index contributed by atoms with van der Waals surface area (Å²) in [6.07, 6.45) is 12.6. The van der Waals surface area contributed by atoms with Crippen molar-refractivity contribution >= 4 is 35.3 Å². The lowest BCUT2D eigenvalue weighted by Crippen LogP contribution is -2.61. The van der Waals surface area contributed by atoms with Crippen LogP contribution in [-0.2, 0) is 54.1 Å². The lowest BCUT2D eigenvalue weighted by Gasteiger charge is -2.42. The van der Waals surface area contributed by atoms with Crippen LogP contribution >= 0.6 is 0 Å². The highest BCUT2D eigenvalue weighted by atomic mass is 16.6. The first kappa shape index (κ1) is 60.1. The summed E-state index contributed by atoms with van der Waals surface area (Å²) in [5, 5.41) is 26.1. The van der Waals surface area contributed by atoms with Crippen molar-refractivity contribution < 1.29 is 62.7 Å². The van der Waals surface area contributed by atoms with E-state index in [-0.39, 0.29) is 61.0 Å². The van der Waals surface area contributed by atoms with Crippen LogP contribution in [0.5, 0.6) is 0 Å². The molecular formula is C59H86N2O13. The van der Waals surface area contributed by atoms with Gasteiger partial charge in [0, 0.05) is 64.3 Å². The van der Waals surface area contributed by atoms with E-state index in [9.17, 15) is 39.0 Å². The molecule has 2 amide bonds. The Bertz CT molecular complexity index is 2170. The molecule has 74 heavy (non-hydrogen) atoms. The molecule has 4 aliphatic rings. The SMILES string of the molecule is CO[C@H]1C[C@@H]2CC[C@@H](C)[C@@](O)(O2)C(=O)C(=O)N2CCCC[C@H]2C(=O)O[C@H]([C@H](C)C[C@@H]2CC[C@@H](OC(=O)NCCc3ccccc3)[C@H](OC)C2)CC(=O)[C@H](C)/C=C(\C)[C@@H](O)CC(=O)[C@H](C)C[C@H](C)/C=C/C=CC=C1C. The third-order valence-corrected chi connectivity index (χ3v) is 15.9. The molecule has 3 heterocycles. The van der Waals surface area contributed by atoms with Gasteiger partial charge < -0.3 is 44.1 Å².